The van der Waals surface area contributed by atoms with Crippen LogP contribution in [0.3, 0.4) is 0 Å². The minimum atomic E-state index is 0.255. The molecule has 0 saturated heterocycles. The third-order valence-corrected chi connectivity index (χ3v) is 2.08. The molecular formula is C13H11N3O2. The van der Waals surface area contributed by atoms with Gasteiger partial charge in [-0.25, -0.2) is 9.97 Å². The summed E-state index contributed by atoms with van der Waals surface area (Å²) in [6, 6.07) is 9.13. The Morgan fingerprint density at radius 3 is 2.72 bits per heavy atom. The lowest BCUT2D eigenvalue weighted by molar-refractivity contribution is 0.338. The molecule has 5 nitrogen and oxygen atoms in total. The van der Waals surface area contributed by atoms with Crippen LogP contribution in [-0.4, -0.2) is 16.6 Å². The molecule has 0 aliphatic heterocycles. The number of aromatic nitrogens is 2. The maximum Gasteiger partial charge on any atom is 0.237 e. The van der Waals surface area contributed by atoms with Gasteiger partial charge in [0.25, 0.3) is 0 Å². The highest BCUT2D eigenvalue weighted by molar-refractivity contribution is 5.35. The number of ether oxygens (including phenoxy) is 2. The van der Waals surface area contributed by atoms with E-state index in [4.69, 9.17) is 14.7 Å². The molecule has 0 aliphatic carbocycles. The van der Waals surface area contributed by atoms with E-state index in [0.29, 0.717) is 18.2 Å². The van der Waals surface area contributed by atoms with Gasteiger partial charge in [-0.3, -0.25) is 0 Å². The molecule has 0 saturated carbocycles. The summed E-state index contributed by atoms with van der Waals surface area (Å²) < 4.78 is 10.9. The number of nitrogens with zero attached hydrogens (tertiary/aromatic N) is 3. The predicted molar refractivity (Wildman–Crippen MR) is 64.4 cm³/mol. The van der Waals surface area contributed by atoms with Gasteiger partial charge in [0.1, 0.15) is 17.6 Å². The maximum atomic E-state index is 8.60. The van der Waals surface area contributed by atoms with E-state index in [-0.39, 0.29) is 5.69 Å². The third-order valence-electron chi connectivity index (χ3n) is 2.08. The zero-order chi connectivity index (χ0) is 12.8. The summed E-state index contributed by atoms with van der Waals surface area (Å²) in [5.74, 6) is 1.68. The van der Waals surface area contributed by atoms with Gasteiger partial charge < -0.3 is 9.47 Å². The van der Waals surface area contributed by atoms with Gasteiger partial charge in [0.15, 0.2) is 5.69 Å². The van der Waals surface area contributed by atoms with Crippen LogP contribution in [-0.2, 0) is 0 Å². The second-order valence-electron chi connectivity index (χ2n) is 3.36. The largest absolute Gasteiger partial charge is 0.494 e. The summed E-state index contributed by atoms with van der Waals surface area (Å²) in [5.41, 5.74) is 0.255. The number of hydrogen-bond donors (Lipinski definition) is 0. The number of nitriles is 1. The van der Waals surface area contributed by atoms with Crippen LogP contribution in [0.25, 0.3) is 0 Å². The van der Waals surface area contributed by atoms with Crippen molar-refractivity contribution in [2.45, 2.75) is 6.92 Å². The summed E-state index contributed by atoms with van der Waals surface area (Å²) in [6.07, 6.45) is 2.77. The molecule has 0 aliphatic rings. The molecule has 5 heteroatoms. The topological polar surface area (TPSA) is 68.0 Å². The highest BCUT2D eigenvalue weighted by Crippen LogP contribution is 2.23. The Kier molecular flexibility index (Phi) is 3.72. The van der Waals surface area contributed by atoms with Crippen molar-refractivity contribution in [2.24, 2.45) is 0 Å². The smallest absolute Gasteiger partial charge is 0.237 e. The lowest BCUT2D eigenvalue weighted by atomic mass is 10.3. The first kappa shape index (κ1) is 11.9. The van der Waals surface area contributed by atoms with E-state index < -0.39 is 0 Å². The quantitative estimate of drug-likeness (QED) is 0.822. The monoisotopic (exact) mass is 241 g/mol. The SMILES string of the molecule is CCOc1cccc(Oc2cnc(C#N)cn2)c1. The Hall–Kier alpha value is -2.61. The average Bonchev–Trinajstić information content (AvgIpc) is 2.40. The zero-order valence-corrected chi connectivity index (χ0v) is 9.83. The van der Waals surface area contributed by atoms with E-state index in [9.17, 15) is 0 Å². The molecule has 1 aromatic carbocycles. The fourth-order valence-corrected chi connectivity index (χ4v) is 1.34. The third kappa shape index (κ3) is 2.95. The molecule has 0 fully saturated rings. The first-order valence-corrected chi connectivity index (χ1v) is 5.44. The maximum absolute atomic E-state index is 8.60. The van der Waals surface area contributed by atoms with Gasteiger partial charge >= 0.3 is 0 Å². The van der Waals surface area contributed by atoms with Crippen molar-refractivity contribution in [2.75, 3.05) is 6.61 Å². The summed E-state index contributed by atoms with van der Waals surface area (Å²) in [4.78, 5) is 7.84. The Morgan fingerprint density at radius 2 is 2.06 bits per heavy atom. The summed E-state index contributed by atoms with van der Waals surface area (Å²) >= 11 is 0. The van der Waals surface area contributed by atoms with E-state index in [1.807, 2.05) is 25.1 Å². The van der Waals surface area contributed by atoms with Gasteiger partial charge in [0.05, 0.1) is 19.0 Å². The molecule has 0 unspecified atom stereocenters. The Balaban J connectivity index is 2.12. The van der Waals surface area contributed by atoms with Crippen LogP contribution in [0.4, 0.5) is 0 Å². The van der Waals surface area contributed by atoms with Crippen molar-refractivity contribution in [1.82, 2.24) is 9.97 Å². The molecule has 18 heavy (non-hydrogen) atoms. The van der Waals surface area contributed by atoms with Crippen molar-refractivity contribution < 1.29 is 9.47 Å². The minimum absolute atomic E-state index is 0.255. The van der Waals surface area contributed by atoms with Crippen LogP contribution in [0, 0.1) is 11.3 Å². The van der Waals surface area contributed by atoms with Crippen LogP contribution in [0.15, 0.2) is 36.7 Å². The molecule has 0 bridgehead atoms. The van der Waals surface area contributed by atoms with E-state index in [1.54, 1.807) is 12.1 Å². The fourth-order valence-electron chi connectivity index (χ4n) is 1.34. The van der Waals surface area contributed by atoms with Crippen molar-refractivity contribution in [3.8, 4) is 23.4 Å². The van der Waals surface area contributed by atoms with Gasteiger partial charge in [-0.15, -0.1) is 0 Å². The molecule has 0 amide bonds. The normalized spacial score (nSPS) is 9.56. The van der Waals surface area contributed by atoms with Crippen LogP contribution < -0.4 is 9.47 Å². The Morgan fingerprint density at radius 1 is 1.22 bits per heavy atom. The average molecular weight is 241 g/mol. The molecule has 0 atom stereocenters. The van der Waals surface area contributed by atoms with Gasteiger partial charge in [-0.1, -0.05) is 6.07 Å². The van der Waals surface area contributed by atoms with Crippen molar-refractivity contribution in [1.29, 1.82) is 5.26 Å². The van der Waals surface area contributed by atoms with Crippen molar-refractivity contribution >= 4 is 0 Å². The van der Waals surface area contributed by atoms with E-state index in [0.717, 1.165) is 5.75 Å². The fraction of sp³-hybridized carbons (Fsp3) is 0.154. The van der Waals surface area contributed by atoms with Gasteiger partial charge in [-0.2, -0.15) is 5.26 Å². The molecule has 0 N–H and O–H groups in total. The highest BCUT2D eigenvalue weighted by atomic mass is 16.5. The van der Waals surface area contributed by atoms with Gasteiger partial charge in [0.2, 0.25) is 5.88 Å². The van der Waals surface area contributed by atoms with Crippen LogP contribution in [0.2, 0.25) is 0 Å². The number of benzene rings is 1. The zero-order valence-electron chi connectivity index (χ0n) is 9.83. The second-order valence-corrected chi connectivity index (χ2v) is 3.36. The predicted octanol–water partition coefficient (Wildman–Crippen LogP) is 2.54. The molecule has 0 radical (unpaired) electrons. The molecule has 0 spiro atoms. The summed E-state index contributed by atoms with van der Waals surface area (Å²) in [6.45, 7) is 2.51. The van der Waals surface area contributed by atoms with Crippen LogP contribution in [0.1, 0.15) is 12.6 Å². The molecule has 2 rings (SSSR count). The summed E-state index contributed by atoms with van der Waals surface area (Å²) in [7, 11) is 0. The standard InChI is InChI=1S/C13H11N3O2/c1-2-17-11-4-3-5-12(6-11)18-13-9-15-10(7-14)8-16-13/h3-6,8-9H,2H2,1H3. The van der Waals surface area contributed by atoms with Crippen molar-refractivity contribution in [3.63, 3.8) is 0 Å². The molecule has 2 aromatic rings. The van der Waals surface area contributed by atoms with Gasteiger partial charge in [-0.05, 0) is 19.1 Å². The lowest BCUT2D eigenvalue weighted by Gasteiger charge is -2.06. The van der Waals surface area contributed by atoms with E-state index >= 15 is 0 Å². The Labute approximate surface area is 105 Å². The molecule has 90 valence electrons. The number of rotatable bonds is 4. The first-order chi connectivity index (χ1) is 8.81. The highest BCUT2D eigenvalue weighted by Gasteiger charge is 2.01. The molecule has 1 heterocycles. The van der Waals surface area contributed by atoms with E-state index in [1.165, 1.54) is 12.4 Å². The van der Waals surface area contributed by atoms with E-state index in [2.05, 4.69) is 9.97 Å². The van der Waals surface area contributed by atoms with Crippen LogP contribution in [0.5, 0.6) is 17.4 Å². The number of hydrogen-bond acceptors (Lipinski definition) is 5. The first-order valence-electron chi connectivity index (χ1n) is 5.44. The molecule has 1 aromatic heterocycles. The summed E-state index contributed by atoms with van der Waals surface area (Å²) in [5, 5.41) is 8.60. The molecular weight excluding hydrogens is 230 g/mol. The lowest BCUT2D eigenvalue weighted by Crippen LogP contribution is -1.93. The van der Waals surface area contributed by atoms with Crippen LogP contribution >= 0.6 is 0 Å². The van der Waals surface area contributed by atoms with Gasteiger partial charge in [0, 0.05) is 6.07 Å². The minimum Gasteiger partial charge on any atom is -0.494 e. The van der Waals surface area contributed by atoms with Crippen molar-refractivity contribution in [3.05, 3.63) is 42.4 Å². The Bertz CT molecular complexity index is 561. The second kappa shape index (κ2) is 5.64.